The summed E-state index contributed by atoms with van der Waals surface area (Å²) in [5, 5.41) is 0. The number of nitrogens with zero attached hydrogens (tertiary/aromatic N) is 2. The summed E-state index contributed by atoms with van der Waals surface area (Å²) < 4.78 is 5.87. The van der Waals surface area contributed by atoms with Crippen LogP contribution in [0.4, 0.5) is 0 Å². The number of hydrogen-bond acceptors (Lipinski definition) is 3. The summed E-state index contributed by atoms with van der Waals surface area (Å²) in [5.41, 5.74) is 2.23. The second-order valence-electron chi connectivity index (χ2n) is 9.01. The van der Waals surface area contributed by atoms with Crippen molar-refractivity contribution in [2.24, 2.45) is 11.8 Å². The van der Waals surface area contributed by atoms with Gasteiger partial charge in [0.2, 0.25) is 0 Å². The minimum Gasteiger partial charge on any atom is -0.494 e. The fraction of sp³-hybridized carbons (Fsp3) is 0.630. The number of aromatic nitrogens is 2. The third-order valence-electron chi connectivity index (χ3n) is 6.73. The largest absolute Gasteiger partial charge is 0.494 e. The van der Waals surface area contributed by atoms with E-state index in [1.807, 2.05) is 12.4 Å². The van der Waals surface area contributed by atoms with Crippen LogP contribution >= 0.6 is 0 Å². The van der Waals surface area contributed by atoms with Gasteiger partial charge in [-0.3, -0.25) is 0 Å². The lowest BCUT2D eigenvalue weighted by atomic mass is 9.79. The fourth-order valence-corrected chi connectivity index (χ4v) is 4.53. The van der Waals surface area contributed by atoms with E-state index in [9.17, 15) is 0 Å². The van der Waals surface area contributed by atoms with Crippen molar-refractivity contribution in [1.82, 2.24) is 9.97 Å². The Balaban J connectivity index is 1.41. The number of ether oxygens (including phenoxy) is 1. The maximum absolute atomic E-state index is 5.87. The Kier molecular flexibility index (Phi) is 9.66. The van der Waals surface area contributed by atoms with Gasteiger partial charge in [0.05, 0.1) is 6.61 Å². The number of unbranched alkanes of at least 4 members (excludes halogenated alkanes) is 4. The van der Waals surface area contributed by atoms with Gasteiger partial charge in [0, 0.05) is 24.4 Å². The van der Waals surface area contributed by atoms with E-state index in [0.717, 1.165) is 54.0 Å². The molecular weight excluding hydrogens is 368 g/mol. The molecule has 0 bridgehead atoms. The summed E-state index contributed by atoms with van der Waals surface area (Å²) in [7, 11) is 0. The van der Waals surface area contributed by atoms with Crippen LogP contribution in [-0.4, -0.2) is 16.6 Å². The summed E-state index contributed by atoms with van der Waals surface area (Å²) in [6.07, 6.45) is 19.5. The van der Waals surface area contributed by atoms with Crippen molar-refractivity contribution in [3.05, 3.63) is 42.5 Å². The molecule has 0 atom stereocenters. The molecule has 1 aromatic heterocycles. The third kappa shape index (κ3) is 7.41. The van der Waals surface area contributed by atoms with E-state index >= 15 is 0 Å². The van der Waals surface area contributed by atoms with E-state index in [-0.39, 0.29) is 0 Å². The van der Waals surface area contributed by atoms with E-state index < -0.39 is 0 Å². The minimum absolute atomic E-state index is 0.807. The van der Waals surface area contributed by atoms with Gasteiger partial charge < -0.3 is 4.74 Å². The highest BCUT2D eigenvalue weighted by molar-refractivity contribution is 5.62. The molecule has 0 unspecified atom stereocenters. The van der Waals surface area contributed by atoms with Gasteiger partial charge in [0.15, 0.2) is 0 Å². The van der Waals surface area contributed by atoms with Gasteiger partial charge in [-0.05, 0) is 42.4 Å². The lowest BCUT2D eigenvalue weighted by Crippen LogP contribution is -2.15. The Bertz CT molecular complexity index is 703. The molecule has 1 heterocycles. The molecule has 164 valence electrons. The summed E-state index contributed by atoms with van der Waals surface area (Å²) in [6.45, 7) is 5.38. The third-order valence-corrected chi connectivity index (χ3v) is 6.73. The average molecular weight is 409 g/mol. The van der Waals surface area contributed by atoms with Crippen molar-refractivity contribution < 1.29 is 4.74 Å². The van der Waals surface area contributed by atoms with E-state index in [1.165, 1.54) is 64.2 Å². The van der Waals surface area contributed by atoms with Crippen LogP contribution in [0, 0.1) is 11.8 Å². The number of benzene rings is 1. The second-order valence-corrected chi connectivity index (χ2v) is 9.01. The van der Waals surface area contributed by atoms with Crippen LogP contribution in [0.5, 0.6) is 5.75 Å². The molecule has 1 fully saturated rings. The molecule has 1 aliphatic carbocycles. The number of hydrogen-bond donors (Lipinski definition) is 0. The molecule has 0 aliphatic heterocycles. The first kappa shape index (κ1) is 22.8. The smallest absolute Gasteiger partial charge is 0.128 e. The standard InChI is InChI=1S/C27H40N2O/c1-3-5-6-7-8-19-30-26-16-14-24(15-17-26)25-20-28-27(29-21-25)18-13-23-11-9-22(4-2)10-12-23/h14-17,20-23H,3-13,18-19H2,1-2H3. The van der Waals surface area contributed by atoms with Crippen molar-refractivity contribution in [2.45, 2.75) is 90.9 Å². The van der Waals surface area contributed by atoms with Gasteiger partial charge in [0.1, 0.15) is 11.6 Å². The van der Waals surface area contributed by atoms with Crippen LogP contribution in [0.1, 0.15) is 90.3 Å². The Morgan fingerprint density at radius 3 is 2.13 bits per heavy atom. The Labute approximate surface area is 183 Å². The Hall–Kier alpha value is -1.90. The molecule has 0 spiro atoms. The average Bonchev–Trinajstić information content (AvgIpc) is 2.81. The molecule has 1 aromatic carbocycles. The molecule has 3 nitrogen and oxygen atoms in total. The van der Waals surface area contributed by atoms with Gasteiger partial charge >= 0.3 is 0 Å². The molecule has 1 saturated carbocycles. The first-order valence-corrected chi connectivity index (χ1v) is 12.3. The van der Waals surface area contributed by atoms with Gasteiger partial charge in [-0.15, -0.1) is 0 Å². The highest BCUT2D eigenvalue weighted by Crippen LogP contribution is 2.33. The van der Waals surface area contributed by atoms with E-state index in [0.29, 0.717) is 0 Å². The molecule has 3 heteroatoms. The molecular formula is C27H40N2O. The van der Waals surface area contributed by atoms with Crippen molar-refractivity contribution in [1.29, 1.82) is 0 Å². The monoisotopic (exact) mass is 408 g/mol. The van der Waals surface area contributed by atoms with Crippen molar-refractivity contribution in [3.63, 3.8) is 0 Å². The van der Waals surface area contributed by atoms with E-state index in [4.69, 9.17) is 4.74 Å². The molecule has 0 N–H and O–H groups in total. The predicted octanol–water partition coefficient (Wildman–Crippen LogP) is 7.64. The summed E-state index contributed by atoms with van der Waals surface area (Å²) in [6, 6.07) is 8.33. The Morgan fingerprint density at radius 1 is 0.800 bits per heavy atom. The quantitative estimate of drug-likeness (QED) is 0.338. The number of rotatable bonds is 12. The zero-order valence-electron chi connectivity index (χ0n) is 19.1. The van der Waals surface area contributed by atoms with Crippen LogP contribution in [-0.2, 0) is 6.42 Å². The lowest BCUT2D eigenvalue weighted by Gasteiger charge is -2.27. The second kappa shape index (κ2) is 12.7. The Morgan fingerprint density at radius 2 is 1.47 bits per heavy atom. The maximum atomic E-state index is 5.87. The highest BCUT2D eigenvalue weighted by Gasteiger charge is 2.19. The van der Waals surface area contributed by atoms with Crippen LogP contribution in [0.15, 0.2) is 36.7 Å². The first-order chi connectivity index (χ1) is 14.8. The summed E-state index contributed by atoms with van der Waals surface area (Å²) >= 11 is 0. The van der Waals surface area contributed by atoms with Crippen LogP contribution in [0.25, 0.3) is 11.1 Å². The van der Waals surface area contributed by atoms with Gasteiger partial charge in [-0.1, -0.05) is 83.8 Å². The van der Waals surface area contributed by atoms with Crippen molar-refractivity contribution in [2.75, 3.05) is 6.61 Å². The topological polar surface area (TPSA) is 35.0 Å². The molecule has 30 heavy (non-hydrogen) atoms. The zero-order chi connectivity index (χ0) is 21.0. The molecule has 3 rings (SSSR count). The molecule has 2 aromatic rings. The van der Waals surface area contributed by atoms with Crippen LogP contribution < -0.4 is 4.74 Å². The van der Waals surface area contributed by atoms with Gasteiger partial charge in [0.25, 0.3) is 0 Å². The summed E-state index contributed by atoms with van der Waals surface area (Å²) in [4.78, 5) is 9.27. The van der Waals surface area contributed by atoms with Gasteiger partial charge in [-0.2, -0.15) is 0 Å². The van der Waals surface area contributed by atoms with Crippen molar-refractivity contribution in [3.8, 4) is 16.9 Å². The fourth-order valence-electron chi connectivity index (χ4n) is 4.53. The predicted molar refractivity (Wildman–Crippen MR) is 126 cm³/mol. The number of aryl methyl sites for hydroxylation is 1. The molecule has 0 saturated heterocycles. The lowest BCUT2D eigenvalue weighted by molar-refractivity contribution is 0.258. The van der Waals surface area contributed by atoms with Crippen LogP contribution in [0.3, 0.4) is 0 Å². The highest BCUT2D eigenvalue weighted by atomic mass is 16.5. The van der Waals surface area contributed by atoms with Gasteiger partial charge in [-0.25, -0.2) is 9.97 Å². The van der Waals surface area contributed by atoms with Crippen LogP contribution in [0.2, 0.25) is 0 Å². The molecule has 0 radical (unpaired) electrons. The van der Waals surface area contributed by atoms with Crippen molar-refractivity contribution >= 4 is 0 Å². The normalized spacial score (nSPS) is 19.0. The first-order valence-electron chi connectivity index (χ1n) is 12.3. The maximum Gasteiger partial charge on any atom is 0.128 e. The van der Waals surface area contributed by atoms with E-state index in [2.05, 4.69) is 48.1 Å². The SMILES string of the molecule is CCCCCCCOc1ccc(-c2cnc(CCC3CCC(CC)CC3)nc2)cc1. The molecule has 1 aliphatic rings. The summed E-state index contributed by atoms with van der Waals surface area (Å²) in [5.74, 6) is 3.78. The minimum atomic E-state index is 0.807. The zero-order valence-corrected chi connectivity index (χ0v) is 19.1. The van der Waals surface area contributed by atoms with E-state index in [1.54, 1.807) is 0 Å². The molecule has 0 amide bonds.